The summed E-state index contributed by atoms with van der Waals surface area (Å²) in [5, 5.41) is 2.87. The van der Waals surface area contributed by atoms with Crippen molar-refractivity contribution in [3.8, 4) is 5.75 Å². The van der Waals surface area contributed by atoms with Gasteiger partial charge in [-0.1, -0.05) is 13.8 Å². The fourth-order valence-corrected chi connectivity index (χ4v) is 2.29. The number of nitrogens with zero attached hydrogens (tertiary/aromatic N) is 2. The first-order valence-corrected chi connectivity index (χ1v) is 7.99. The van der Waals surface area contributed by atoms with E-state index in [4.69, 9.17) is 4.74 Å². The standard InChI is InChI=1S/C17H27N3O2/c1-14(2)17(21)18-15-4-6-16(7-5-15)22-13-12-20-10-8-19(3)9-11-20/h4-7,14H,8-13H2,1-3H3,(H,18,21). The number of anilines is 1. The zero-order valence-electron chi connectivity index (χ0n) is 13.8. The molecule has 22 heavy (non-hydrogen) atoms. The van der Waals surface area contributed by atoms with Crippen molar-refractivity contribution in [1.29, 1.82) is 0 Å². The second-order valence-corrected chi connectivity index (χ2v) is 6.16. The van der Waals surface area contributed by atoms with Gasteiger partial charge in [0.1, 0.15) is 12.4 Å². The number of ether oxygens (including phenoxy) is 1. The zero-order chi connectivity index (χ0) is 15.9. The minimum absolute atomic E-state index is 0.0143. The molecule has 0 aromatic heterocycles. The fourth-order valence-electron chi connectivity index (χ4n) is 2.29. The van der Waals surface area contributed by atoms with E-state index in [1.54, 1.807) is 0 Å². The van der Waals surface area contributed by atoms with E-state index in [1.165, 1.54) is 0 Å². The van der Waals surface area contributed by atoms with Crippen LogP contribution in [0.25, 0.3) is 0 Å². The van der Waals surface area contributed by atoms with E-state index in [0.29, 0.717) is 6.61 Å². The normalized spacial score (nSPS) is 16.7. The molecule has 1 saturated heterocycles. The summed E-state index contributed by atoms with van der Waals surface area (Å²) >= 11 is 0. The van der Waals surface area contributed by atoms with Gasteiger partial charge >= 0.3 is 0 Å². The minimum Gasteiger partial charge on any atom is -0.492 e. The maximum atomic E-state index is 11.6. The van der Waals surface area contributed by atoms with Crippen molar-refractivity contribution in [3.05, 3.63) is 24.3 Å². The molecule has 2 rings (SSSR count). The van der Waals surface area contributed by atoms with Crippen molar-refractivity contribution in [2.75, 3.05) is 51.7 Å². The van der Waals surface area contributed by atoms with Crippen molar-refractivity contribution in [2.45, 2.75) is 13.8 Å². The molecule has 1 aromatic carbocycles. The molecule has 5 heteroatoms. The summed E-state index contributed by atoms with van der Waals surface area (Å²) in [5.41, 5.74) is 0.810. The van der Waals surface area contributed by atoms with E-state index in [0.717, 1.165) is 44.2 Å². The summed E-state index contributed by atoms with van der Waals surface area (Å²) in [7, 11) is 2.16. The van der Waals surface area contributed by atoms with Gasteiger partial charge in [-0.15, -0.1) is 0 Å². The number of amides is 1. The number of piperazine rings is 1. The molecule has 122 valence electrons. The van der Waals surface area contributed by atoms with Crippen LogP contribution in [0.5, 0.6) is 5.75 Å². The predicted octanol–water partition coefficient (Wildman–Crippen LogP) is 1.91. The third kappa shape index (κ3) is 5.31. The Morgan fingerprint density at radius 3 is 2.41 bits per heavy atom. The molecule has 1 fully saturated rings. The predicted molar refractivity (Wildman–Crippen MR) is 89.3 cm³/mol. The number of rotatable bonds is 6. The number of hydrogen-bond acceptors (Lipinski definition) is 4. The van der Waals surface area contributed by atoms with Gasteiger partial charge < -0.3 is 15.0 Å². The Hall–Kier alpha value is -1.59. The summed E-state index contributed by atoms with van der Waals surface area (Å²) in [6, 6.07) is 7.57. The molecule has 0 unspecified atom stereocenters. The van der Waals surface area contributed by atoms with Gasteiger partial charge in [0.2, 0.25) is 5.91 Å². The Kier molecular flexibility index (Phi) is 6.21. The third-order valence-corrected chi connectivity index (χ3v) is 3.92. The first kappa shape index (κ1) is 16.8. The first-order chi connectivity index (χ1) is 10.5. The topological polar surface area (TPSA) is 44.8 Å². The van der Waals surface area contributed by atoms with Crippen LogP contribution >= 0.6 is 0 Å². The van der Waals surface area contributed by atoms with Crippen molar-refractivity contribution in [3.63, 3.8) is 0 Å². The van der Waals surface area contributed by atoms with Gasteiger partial charge in [-0.05, 0) is 31.3 Å². The molecule has 0 aliphatic carbocycles. The average Bonchev–Trinajstić information content (AvgIpc) is 2.51. The molecule has 0 bridgehead atoms. The van der Waals surface area contributed by atoms with Gasteiger partial charge in [0.25, 0.3) is 0 Å². The van der Waals surface area contributed by atoms with Gasteiger partial charge in [-0.3, -0.25) is 9.69 Å². The first-order valence-electron chi connectivity index (χ1n) is 7.99. The maximum Gasteiger partial charge on any atom is 0.226 e. The van der Waals surface area contributed by atoms with Crippen LogP contribution in [0.3, 0.4) is 0 Å². The van der Waals surface area contributed by atoms with Crippen molar-refractivity contribution >= 4 is 11.6 Å². The molecule has 1 aliphatic heterocycles. The van der Waals surface area contributed by atoms with Gasteiger partial charge in [0, 0.05) is 44.3 Å². The number of benzene rings is 1. The van der Waals surface area contributed by atoms with E-state index >= 15 is 0 Å². The molecule has 5 nitrogen and oxygen atoms in total. The second kappa shape index (κ2) is 8.15. The summed E-state index contributed by atoms with van der Waals surface area (Å²) in [5.74, 6) is 0.861. The van der Waals surface area contributed by atoms with E-state index in [1.807, 2.05) is 38.1 Å². The lowest BCUT2D eigenvalue weighted by molar-refractivity contribution is -0.118. The Morgan fingerprint density at radius 2 is 1.82 bits per heavy atom. The monoisotopic (exact) mass is 305 g/mol. The summed E-state index contributed by atoms with van der Waals surface area (Å²) in [6.07, 6.45) is 0. The largest absolute Gasteiger partial charge is 0.492 e. The highest BCUT2D eigenvalue weighted by Crippen LogP contribution is 2.16. The lowest BCUT2D eigenvalue weighted by Gasteiger charge is -2.32. The van der Waals surface area contributed by atoms with Gasteiger partial charge in [0.05, 0.1) is 0 Å². The zero-order valence-corrected chi connectivity index (χ0v) is 13.8. The van der Waals surface area contributed by atoms with Crippen LogP contribution in [0, 0.1) is 5.92 Å². The molecule has 1 N–H and O–H groups in total. The fraction of sp³-hybridized carbons (Fsp3) is 0.588. The lowest BCUT2D eigenvalue weighted by Crippen LogP contribution is -2.45. The van der Waals surface area contributed by atoms with Crippen LogP contribution in [-0.2, 0) is 4.79 Å². The van der Waals surface area contributed by atoms with Crippen LogP contribution in [0.1, 0.15) is 13.8 Å². The molecule has 0 saturated carbocycles. The highest BCUT2D eigenvalue weighted by atomic mass is 16.5. The number of carbonyl (C=O) groups is 1. The van der Waals surface area contributed by atoms with Crippen molar-refractivity contribution in [1.82, 2.24) is 9.80 Å². The van der Waals surface area contributed by atoms with Crippen LogP contribution in [0.15, 0.2) is 24.3 Å². The summed E-state index contributed by atoms with van der Waals surface area (Å²) < 4.78 is 5.78. The van der Waals surface area contributed by atoms with Crippen molar-refractivity contribution < 1.29 is 9.53 Å². The van der Waals surface area contributed by atoms with E-state index < -0.39 is 0 Å². The number of likely N-dealkylation sites (N-methyl/N-ethyl adjacent to an activating group) is 1. The molecule has 1 amide bonds. The molecule has 1 aliphatic rings. The smallest absolute Gasteiger partial charge is 0.226 e. The molecule has 0 atom stereocenters. The van der Waals surface area contributed by atoms with Gasteiger partial charge in [0.15, 0.2) is 0 Å². The second-order valence-electron chi connectivity index (χ2n) is 6.16. The average molecular weight is 305 g/mol. The molecular weight excluding hydrogens is 278 g/mol. The molecule has 1 aromatic rings. The van der Waals surface area contributed by atoms with Gasteiger partial charge in [-0.2, -0.15) is 0 Å². The van der Waals surface area contributed by atoms with E-state index in [2.05, 4.69) is 22.2 Å². The Balaban J connectivity index is 1.71. The van der Waals surface area contributed by atoms with E-state index in [-0.39, 0.29) is 11.8 Å². The number of carbonyl (C=O) groups excluding carboxylic acids is 1. The Bertz CT molecular complexity index is 465. The molecule has 1 heterocycles. The van der Waals surface area contributed by atoms with Crippen molar-refractivity contribution in [2.24, 2.45) is 5.92 Å². The van der Waals surface area contributed by atoms with Crippen LogP contribution in [-0.4, -0.2) is 62.1 Å². The van der Waals surface area contributed by atoms with Crippen LogP contribution in [0.2, 0.25) is 0 Å². The quantitative estimate of drug-likeness (QED) is 0.872. The number of hydrogen-bond donors (Lipinski definition) is 1. The Labute approximate surface area is 133 Å². The highest BCUT2D eigenvalue weighted by Gasteiger charge is 2.13. The molecule has 0 radical (unpaired) electrons. The number of nitrogens with one attached hydrogen (secondary N) is 1. The highest BCUT2D eigenvalue weighted by molar-refractivity contribution is 5.92. The minimum atomic E-state index is -0.0143. The summed E-state index contributed by atoms with van der Waals surface area (Å²) in [6.45, 7) is 9.89. The molecular formula is C17H27N3O2. The van der Waals surface area contributed by atoms with Crippen LogP contribution in [0.4, 0.5) is 5.69 Å². The molecule has 0 spiro atoms. The Morgan fingerprint density at radius 1 is 1.18 bits per heavy atom. The van der Waals surface area contributed by atoms with Crippen LogP contribution < -0.4 is 10.1 Å². The SMILES string of the molecule is CC(C)C(=O)Nc1ccc(OCCN2CCN(C)CC2)cc1. The summed E-state index contributed by atoms with van der Waals surface area (Å²) in [4.78, 5) is 16.4. The lowest BCUT2D eigenvalue weighted by atomic mass is 10.2. The third-order valence-electron chi connectivity index (χ3n) is 3.92. The van der Waals surface area contributed by atoms with E-state index in [9.17, 15) is 4.79 Å². The van der Waals surface area contributed by atoms with Gasteiger partial charge in [-0.25, -0.2) is 0 Å². The maximum absolute atomic E-state index is 11.6.